The molecule has 0 spiro atoms. The molecule has 1 atom stereocenters. The summed E-state index contributed by atoms with van der Waals surface area (Å²) in [7, 11) is 0. The first kappa shape index (κ1) is 13.0. The zero-order chi connectivity index (χ0) is 13.0. The molecule has 1 rings (SSSR count). The van der Waals surface area contributed by atoms with Gasteiger partial charge in [0.1, 0.15) is 6.04 Å². The van der Waals surface area contributed by atoms with Crippen LogP contribution in [0.25, 0.3) is 0 Å². The number of nitrogens with two attached hydrogens (primary N) is 1. The smallest absolute Gasteiger partial charge is 0.326 e. The van der Waals surface area contributed by atoms with Gasteiger partial charge in [0.05, 0.1) is 5.56 Å². The summed E-state index contributed by atoms with van der Waals surface area (Å²) in [5.74, 6) is -1.71. The highest BCUT2D eigenvalue weighted by Gasteiger charge is 2.24. The summed E-state index contributed by atoms with van der Waals surface area (Å²) in [5.41, 5.74) is 6.26. The van der Waals surface area contributed by atoms with E-state index in [1.54, 1.807) is 38.1 Å². The second kappa shape index (κ2) is 5.34. The molecule has 0 aromatic heterocycles. The van der Waals surface area contributed by atoms with E-state index in [9.17, 15) is 9.59 Å². The molecule has 0 radical (unpaired) electrons. The maximum absolute atomic E-state index is 11.8. The molecule has 1 aromatic rings. The lowest BCUT2D eigenvalue weighted by molar-refractivity contribution is -0.140. The van der Waals surface area contributed by atoms with Crippen molar-refractivity contribution in [2.45, 2.75) is 19.9 Å². The Morgan fingerprint density at radius 2 is 1.88 bits per heavy atom. The lowest BCUT2D eigenvalue weighted by Crippen LogP contribution is -2.44. The fourth-order valence-corrected chi connectivity index (χ4v) is 1.44. The Balaban J connectivity index is 2.85. The van der Waals surface area contributed by atoms with Gasteiger partial charge in [0.25, 0.3) is 5.91 Å². The van der Waals surface area contributed by atoms with Gasteiger partial charge in [0.15, 0.2) is 0 Å². The number of carboxylic acid groups (broad SMARTS) is 1. The van der Waals surface area contributed by atoms with Gasteiger partial charge >= 0.3 is 5.97 Å². The van der Waals surface area contributed by atoms with Crippen molar-refractivity contribution >= 4 is 17.6 Å². The van der Waals surface area contributed by atoms with Crippen LogP contribution in [0.2, 0.25) is 0 Å². The maximum atomic E-state index is 11.8. The number of amides is 1. The molecule has 4 N–H and O–H groups in total. The summed E-state index contributed by atoms with van der Waals surface area (Å²) in [4.78, 5) is 22.8. The van der Waals surface area contributed by atoms with Gasteiger partial charge in [-0.1, -0.05) is 26.0 Å². The molecule has 0 saturated carbocycles. The Labute approximate surface area is 99.6 Å². The predicted octanol–water partition coefficient (Wildman–Crippen LogP) is 1.11. The largest absolute Gasteiger partial charge is 0.480 e. The first-order valence-electron chi connectivity index (χ1n) is 5.31. The van der Waals surface area contributed by atoms with Gasteiger partial charge in [-0.15, -0.1) is 0 Å². The van der Waals surface area contributed by atoms with E-state index in [4.69, 9.17) is 10.8 Å². The molecule has 0 bridgehead atoms. The molecule has 0 aliphatic heterocycles. The van der Waals surface area contributed by atoms with Crippen molar-refractivity contribution in [1.29, 1.82) is 0 Å². The van der Waals surface area contributed by atoms with Crippen LogP contribution in [0.15, 0.2) is 24.3 Å². The molecule has 1 aromatic carbocycles. The van der Waals surface area contributed by atoms with E-state index in [0.717, 1.165) is 0 Å². The number of para-hydroxylation sites is 1. The molecule has 92 valence electrons. The standard InChI is InChI=1S/C12H16N2O3/c1-7(2)10(12(16)17)14-11(15)8-5-3-4-6-9(8)13/h3-7,10H,13H2,1-2H3,(H,14,15)(H,16,17)/t10-/m1/s1. The van der Waals surface area contributed by atoms with Gasteiger partial charge in [-0.2, -0.15) is 0 Å². The van der Waals surface area contributed by atoms with Crippen molar-refractivity contribution in [3.63, 3.8) is 0 Å². The summed E-state index contributed by atoms with van der Waals surface area (Å²) >= 11 is 0. The minimum Gasteiger partial charge on any atom is -0.480 e. The van der Waals surface area contributed by atoms with Gasteiger partial charge in [-0.3, -0.25) is 4.79 Å². The number of hydrogen-bond acceptors (Lipinski definition) is 3. The van der Waals surface area contributed by atoms with Gasteiger partial charge in [-0.05, 0) is 18.1 Å². The van der Waals surface area contributed by atoms with Gasteiger partial charge in [0, 0.05) is 5.69 Å². The van der Waals surface area contributed by atoms with E-state index in [1.807, 2.05) is 0 Å². The minimum atomic E-state index is -1.05. The molecular formula is C12H16N2O3. The van der Waals surface area contributed by atoms with E-state index in [1.165, 1.54) is 0 Å². The zero-order valence-corrected chi connectivity index (χ0v) is 9.81. The van der Waals surface area contributed by atoms with Gasteiger partial charge in [0.2, 0.25) is 0 Å². The van der Waals surface area contributed by atoms with Crippen LogP contribution in [0, 0.1) is 5.92 Å². The summed E-state index contributed by atoms with van der Waals surface area (Å²) < 4.78 is 0. The first-order valence-corrected chi connectivity index (χ1v) is 5.31. The van der Waals surface area contributed by atoms with Gasteiger partial charge in [-0.25, -0.2) is 4.79 Å². The lowest BCUT2D eigenvalue weighted by atomic mass is 10.0. The average Bonchev–Trinajstić information content (AvgIpc) is 2.25. The minimum absolute atomic E-state index is 0.193. The fraction of sp³-hybridized carbons (Fsp3) is 0.333. The van der Waals surface area contributed by atoms with E-state index >= 15 is 0 Å². The van der Waals surface area contributed by atoms with Crippen LogP contribution in [0.5, 0.6) is 0 Å². The monoisotopic (exact) mass is 236 g/mol. The molecule has 0 heterocycles. The van der Waals surface area contributed by atoms with Crippen LogP contribution in [0.3, 0.4) is 0 Å². The highest BCUT2D eigenvalue weighted by atomic mass is 16.4. The van der Waals surface area contributed by atoms with Crippen LogP contribution < -0.4 is 11.1 Å². The number of nitrogen functional groups attached to an aromatic ring is 1. The van der Waals surface area contributed by atoms with Gasteiger partial charge < -0.3 is 16.2 Å². The highest BCUT2D eigenvalue weighted by Crippen LogP contribution is 2.11. The third-order valence-electron chi connectivity index (χ3n) is 2.42. The Kier molecular flexibility index (Phi) is 4.09. The molecule has 1 amide bonds. The van der Waals surface area contributed by atoms with Crippen molar-refractivity contribution in [2.24, 2.45) is 5.92 Å². The van der Waals surface area contributed by atoms with E-state index < -0.39 is 17.9 Å². The Morgan fingerprint density at radius 3 is 2.35 bits per heavy atom. The summed E-state index contributed by atoms with van der Waals surface area (Å²) in [6.45, 7) is 3.46. The van der Waals surface area contributed by atoms with Crippen LogP contribution in [0.1, 0.15) is 24.2 Å². The van der Waals surface area contributed by atoms with Crippen molar-refractivity contribution < 1.29 is 14.7 Å². The van der Waals surface area contributed by atoms with E-state index in [-0.39, 0.29) is 5.92 Å². The second-order valence-corrected chi connectivity index (χ2v) is 4.12. The molecule has 0 saturated heterocycles. The number of aliphatic carboxylic acids is 1. The molecular weight excluding hydrogens is 220 g/mol. The normalized spacial score (nSPS) is 12.2. The lowest BCUT2D eigenvalue weighted by Gasteiger charge is -2.18. The third kappa shape index (κ3) is 3.21. The SMILES string of the molecule is CC(C)[C@@H](NC(=O)c1ccccc1N)C(=O)O. The number of carbonyl (C=O) groups is 2. The number of nitrogens with one attached hydrogen (secondary N) is 1. The Hall–Kier alpha value is -2.04. The van der Waals surface area contributed by atoms with Crippen molar-refractivity contribution in [3.8, 4) is 0 Å². The second-order valence-electron chi connectivity index (χ2n) is 4.12. The van der Waals surface area contributed by atoms with Crippen LogP contribution >= 0.6 is 0 Å². The number of carboxylic acids is 1. The van der Waals surface area contributed by atoms with Crippen LogP contribution in [0.4, 0.5) is 5.69 Å². The van der Waals surface area contributed by atoms with Crippen molar-refractivity contribution in [1.82, 2.24) is 5.32 Å². The highest BCUT2D eigenvalue weighted by molar-refractivity contribution is 6.00. The van der Waals surface area contributed by atoms with E-state index in [0.29, 0.717) is 11.3 Å². The quantitative estimate of drug-likeness (QED) is 0.683. The fourth-order valence-electron chi connectivity index (χ4n) is 1.44. The molecule has 17 heavy (non-hydrogen) atoms. The Bertz CT molecular complexity index is 430. The van der Waals surface area contributed by atoms with Crippen LogP contribution in [-0.2, 0) is 4.79 Å². The van der Waals surface area contributed by atoms with Crippen molar-refractivity contribution in [2.75, 3.05) is 5.73 Å². The molecule has 0 aliphatic rings. The number of carbonyl (C=O) groups excluding carboxylic acids is 1. The predicted molar refractivity (Wildman–Crippen MR) is 64.6 cm³/mol. The third-order valence-corrected chi connectivity index (χ3v) is 2.42. The summed E-state index contributed by atoms with van der Waals surface area (Å²) in [5, 5.41) is 11.4. The molecule has 0 aliphatic carbocycles. The number of benzene rings is 1. The molecule has 0 unspecified atom stereocenters. The number of hydrogen-bond donors (Lipinski definition) is 3. The molecule has 5 nitrogen and oxygen atoms in total. The van der Waals surface area contributed by atoms with Crippen molar-refractivity contribution in [3.05, 3.63) is 29.8 Å². The Morgan fingerprint density at radius 1 is 1.29 bits per heavy atom. The number of anilines is 1. The number of rotatable bonds is 4. The van der Waals surface area contributed by atoms with E-state index in [2.05, 4.69) is 5.32 Å². The first-order chi connectivity index (χ1) is 7.93. The van der Waals surface area contributed by atoms with Crippen LogP contribution in [-0.4, -0.2) is 23.0 Å². The average molecular weight is 236 g/mol. The summed E-state index contributed by atoms with van der Waals surface area (Å²) in [6.07, 6.45) is 0. The molecule has 0 fully saturated rings. The maximum Gasteiger partial charge on any atom is 0.326 e. The summed E-state index contributed by atoms with van der Waals surface area (Å²) in [6, 6.07) is 5.63. The topological polar surface area (TPSA) is 92.4 Å². The molecule has 5 heteroatoms. The zero-order valence-electron chi connectivity index (χ0n) is 9.81.